The van der Waals surface area contributed by atoms with Crippen LogP contribution in [0.2, 0.25) is 0 Å². The van der Waals surface area contributed by atoms with E-state index in [0.29, 0.717) is 58.1 Å². The van der Waals surface area contributed by atoms with Gasteiger partial charge in [0.1, 0.15) is 0 Å². The summed E-state index contributed by atoms with van der Waals surface area (Å²) >= 11 is 0. The number of nitrogen functional groups attached to an aromatic ring is 1. The molecule has 7 heteroatoms. The molecule has 0 radical (unpaired) electrons. The third-order valence-electron chi connectivity index (χ3n) is 16.9. The van der Waals surface area contributed by atoms with E-state index in [4.69, 9.17) is 5.73 Å². The topological polar surface area (TPSA) is 78.7 Å². The fourth-order valence-corrected chi connectivity index (χ4v) is 15.4. The zero-order valence-electron chi connectivity index (χ0n) is 31.8. The number of nitrogens with two attached hydrogens (primary N) is 1. The molecule has 0 amide bonds. The maximum Gasteiger partial charge on any atom is 0.152 e. The molecule has 7 rings (SSSR count). The second-order valence-electron chi connectivity index (χ2n) is 19.2. The lowest BCUT2D eigenvalue weighted by Crippen LogP contribution is -2.70. The monoisotopic (exact) mass is 693 g/mol. The molecule has 1 aromatic rings. The maximum atomic E-state index is 11.9. The fourth-order valence-electron chi connectivity index (χ4n) is 14.1. The number of sulfone groups is 1. The van der Waals surface area contributed by atoms with E-state index >= 15 is 0 Å². The summed E-state index contributed by atoms with van der Waals surface area (Å²) in [6.07, 6.45) is 13.2. The van der Waals surface area contributed by atoms with Crippen LogP contribution in [0.4, 0.5) is 11.4 Å². The lowest BCUT2D eigenvalue weighted by atomic mass is 9.33. The summed E-state index contributed by atoms with van der Waals surface area (Å²) in [6, 6.07) is 8.63. The zero-order chi connectivity index (χ0) is 35.0. The highest BCUT2D eigenvalue weighted by Crippen LogP contribution is 2.76. The van der Waals surface area contributed by atoms with Gasteiger partial charge in [0.2, 0.25) is 0 Å². The van der Waals surface area contributed by atoms with Gasteiger partial charge in [-0.3, -0.25) is 0 Å². The number of allylic oxidation sites excluding steroid dienone is 1. The van der Waals surface area contributed by atoms with Crippen molar-refractivity contribution in [3.8, 4) is 0 Å². The molecule has 2 aliphatic heterocycles. The minimum Gasteiger partial charge on any atom is -0.399 e. The summed E-state index contributed by atoms with van der Waals surface area (Å²) in [5, 5.41) is 3.99. The zero-order valence-corrected chi connectivity index (χ0v) is 32.6. The molecule has 274 valence electrons. The molecule has 1 unspecified atom stereocenters. The predicted octanol–water partition coefficient (Wildman–Crippen LogP) is 7.81. The first kappa shape index (κ1) is 35.8. The fraction of sp³-hybridized carbons (Fsp3) is 0.810. The highest BCUT2D eigenvalue weighted by molar-refractivity contribution is 7.91. The number of hydrogen-bond donors (Lipinski definition) is 2. The Morgan fingerprint density at radius 2 is 1.59 bits per heavy atom. The minimum atomic E-state index is -2.81. The third kappa shape index (κ3) is 5.73. The van der Waals surface area contributed by atoms with Gasteiger partial charge >= 0.3 is 0 Å². The molecule has 1 aromatic carbocycles. The summed E-state index contributed by atoms with van der Waals surface area (Å²) in [5.41, 5.74) is 11.3. The highest BCUT2D eigenvalue weighted by atomic mass is 32.2. The van der Waals surface area contributed by atoms with Crippen molar-refractivity contribution >= 4 is 21.2 Å². The van der Waals surface area contributed by atoms with E-state index in [1.807, 2.05) is 0 Å². The molecule has 2 heterocycles. The Labute approximate surface area is 299 Å². The van der Waals surface area contributed by atoms with Crippen molar-refractivity contribution in [1.82, 2.24) is 10.2 Å². The maximum absolute atomic E-state index is 11.9. The SMILES string of the molecule is C=C(C)[C@@H]1CCC2(CNCCCN3CCS(=O)(=O)CC3)CC[C@]3(C)[C@H](CC[C@@H]4[C@@]5(C)CCN(c6ccc(N)cc6)C(C)(C)[C@@H]5CC[C@]43C)[C@@H]12. The van der Waals surface area contributed by atoms with Gasteiger partial charge in [0.15, 0.2) is 9.84 Å². The van der Waals surface area contributed by atoms with Crippen molar-refractivity contribution in [2.75, 3.05) is 61.4 Å². The number of rotatable bonds is 8. The van der Waals surface area contributed by atoms with Crippen LogP contribution in [-0.4, -0.2) is 69.6 Å². The van der Waals surface area contributed by atoms with Gasteiger partial charge in [0, 0.05) is 43.1 Å². The molecule has 2 saturated heterocycles. The lowest BCUT2D eigenvalue weighted by Gasteiger charge is -2.73. The number of nitrogens with zero attached hydrogens (tertiary/aromatic N) is 2. The highest BCUT2D eigenvalue weighted by Gasteiger charge is 2.70. The first-order chi connectivity index (χ1) is 23.1. The van der Waals surface area contributed by atoms with Crippen molar-refractivity contribution in [2.24, 2.45) is 51.2 Å². The number of benzene rings is 1. The molecule has 0 spiro atoms. The van der Waals surface area contributed by atoms with Crippen molar-refractivity contribution < 1.29 is 8.42 Å². The molecule has 3 N–H and O–H groups in total. The van der Waals surface area contributed by atoms with Gasteiger partial charge in [0.25, 0.3) is 0 Å². The number of hydrogen-bond acceptors (Lipinski definition) is 6. The Hall–Kier alpha value is -1.57. The van der Waals surface area contributed by atoms with Crippen molar-refractivity contribution in [3.05, 3.63) is 36.4 Å². The first-order valence-corrected chi connectivity index (χ1v) is 21.8. The summed E-state index contributed by atoms with van der Waals surface area (Å²) in [4.78, 5) is 5.06. The van der Waals surface area contributed by atoms with Gasteiger partial charge in [0.05, 0.1) is 11.5 Å². The Morgan fingerprint density at radius 1 is 0.878 bits per heavy atom. The average molecular weight is 693 g/mol. The van der Waals surface area contributed by atoms with E-state index in [-0.39, 0.29) is 5.54 Å². The van der Waals surface area contributed by atoms with E-state index < -0.39 is 9.84 Å². The Kier molecular flexibility index (Phi) is 9.16. The van der Waals surface area contributed by atoms with Gasteiger partial charge in [-0.15, -0.1) is 0 Å². The van der Waals surface area contributed by atoms with Crippen LogP contribution in [0.25, 0.3) is 0 Å². The number of anilines is 2. The summed E-state index contributed by atoms with van der Waals surface area (Å²) in [7, 11) is -2.81. The molecular weight excluding hydrogens is 625 g/mol. The molecule has 49 heavy (non-hydrogen) atoms. The van der Waals surface area contributed by atoms with Gasteiger partial charge in [-0.2, -0.15) is 0 Å². The molecule has 4 saturated carbocycles. The van der Waals surface area contributed by atoms with Crippen molar-refractivity contribution in [3.63, 3.8) is 0 Å². The van der Waals surface area contributed by atoms with Crippen LogP contribution >= 0.6 is 0 Å². The predicted molar refractivity (Wildman–Crippen MR) is 205 cm³/mol. The summed E-state index contributed by atoms with van der Waals surface area (Å²) in [6.45, 7) is 26.0. The molecule has 9 atom stereocenters. The lowest BCUT2D eigenvalue weighted by molar-refractivity contribution is -0.227. The molecule has 6 fully saturated rings. The van der Waals surface area contributed by atoms with Crippen LogP contribution < -0.4 is 16.0 Å². The van der Waals surface area contributed by atoms with Gasteiger partial charge < -0.3 is 20.9 Å². The second kappa shape index (κ2) is 12.5. The average Bonchev–Trinajstić information content (AvgIpc) is 3.42. The van der Waals surface area contributed by atoms with E-state index in [1.165, 1.54) is 69.0 Å². The number of fused-ring (bicyclic) bond motifs is 7. The largest absolute Gasteiger partial charge is 0.399 e. The van der Waals surface area contributed by atoms with E-state index in [1.54, 1.807) is 0 Å². The smallest absolute Gasteiger partial charge is 0.152 e. The summed E-state index contributed by atoms with van der Waals surface area (Å²) in [5.74, 6) is 4.26. The van der Waals surface area contributed by atoms with Crippen molar-refractivity contribution in [2.45, 2.75) is 111 Å². The Bertz CT molecular complexity index is 1490. The van der Waals surface area contributed by atoms with Crippen molar-refractivity contribution in [1.29, 1.82) is 0 Å². The van der Waals surface area contributed by atoms with Crippen LogP contribution in [-0.2, 0) is 9.84 Å². The second-order valence-corrected chi connectivity index (χ2v) is 21.5. The van der Waals surface area contributed by atoms with Crippen LogP contribution in [0, 0.1) is 51.2 Å². The Morgan fingerprint density at radius 3 is 2.29 bits per heavy atom. The molecule has 0 bridgehead atoms. The standard InChI is InChI=1S/C42H68N4O2S/c1-30(2)33-15-18-42(29-44-22-8-23-45-25-27-49(47,48)28-26-45)20-19-40(6)34(37(33)42)13-14-36-39(5)21-24-46(32-11-9-31(43)10-12-32)38(3,4)35(39)16-17-41(36,40)7/h9-12,33-37,44H,1,8,13-29,43H2,2-7H3/t33-,34+,35-,36+,37+,39-,40+,41+,42?/m0/s1. The quantitative estimate of drug-likeness (QED) is 0.165. The molecular formula is C42H68N4O2S. The molecule has 4 aliphatic carbocycles. The Balaban J connectivity index is 1.08. The molecule has 0 aromatic heterocycles. The number of piperidine rings is 1. The van der Waals surface area contributed by atoms with E-state index in [0.717, 1.165) is 56.0 Å². The van der Waals surface area contributed by atoms with Crippen LogP contribution in [0.15, 0.2) is 36.4 Å². The normalized spacial score (nSPS) is 42.8. The summed E-state index contributed by atoms with van der Waals surface area (Å²) < 4.78 is 23.7. The first-order valence-electron chi connectivity index (χ1n) is 20.0. The minimum absolute atomic E-state index is 0.109. The van der Waals surface area contributed by atoms with Crippen LogP contribution in [0.1, 0.15) is 106 Å². The van der Waals surface area contributed by atoms with Gasteiger partial charge in [-0.1, -0.05) is 32.9 Å². The van der Waals surface area contributed by atoms with Crippen LogP contribution in [0.3, 0.4) is 0 Å². The van der Waals surface area contributed by atoms with E-state index in [2.05, 4.69) is 87.5 Å². The van der Waals surface area contributed by atoms with Gasteiger partial charge in [-0.25, -0.2) is 8.42 Å². The van der Waals surface area contributed by atoms with Gasteiger partial charge in [-0.05, 0) is 174 Å². The molecule has 6 nitrogen and oxygen atoms in total. The van der Waals surface area contributed by atoms with E-state index in [9.17, 15) is 8.42 Å². The molecule has 6 aliphatic rings. The third-order valence-corrected chi connectivity index (χ3v) is 18.5. The van der Waals surface area contributed by atoms with Crippen LogP contribution in [0.5, 0.6) is 0 Å². The number of nitrogens with one attached hydrogen (secondary N) is 1.